The van der Waals surface area contributed by atoms with E-state index in [1.807, 2.05) is 11.9 Å². The molecule has 20 heavy (non-hydrogen) atoms. The van der Waals surface area contributed by atoms with Crippen LogP contribution in [-0.2, 0) is 9.47 Å². The third-order valence-corrected chi connectivity index (χ3v) is 3.23. The number of aromatic nitrogens is 3. The summed E-state index contributed by atoms with van der Waals surface area (Å²) in [6, 6.07) is 0. The quantitative estimate of drug-likeness (QED) is 0.721. The largest absolute Gasteiger partial charge is 0.385 e. The monoisotopic (exact) mass is 301 g/mol. The molecule has 1 fully saturated rings. The number of halogens is 1. The molecule has 0 bridgehead atoms. The van der Waals surface area contributed by atoms with Gasteiger partial charge < -0.3 is 19.3 Å². The molecule has 1 aliphatic rings. The first kappa shape index (κ1) is 15.2. The van der Waals surface area contributed by atoms with Gasteiger partial charge in [-0.1, -0.05) is 0 Å². The molecule has 0 atom stereocenters. The first-order valence-corrected chi connectivity index (χ1v) is 7.03. The summed E-state index contributed by atoms with van der Waals surface area (Å²) in [5.41, 5.74) is 0. The zero-order chi connectivity index (χ0) is 14.4. The third kappa shape index (κ3) is 4.16. The lowest BCUT2D eigenvalue weighted by molar-refractivity contribution is 0.122. The predicted molar refractivity (Wildman–Crippen MR) is 77.6 cm³/mol. The van der Waals surface area contributed by atoms with Crippen LogP contribution in [0.15, 0.2) is 0 Å². The molecule has 112 valence electrons. The molecule has 0 N–H and O–H groups in total. The van der Waals surface area contributed by atoms with Gasteiger partial charge >= 0.3 is 0 Å². The van der Waals surface area contributed by atoms with Crippen LogP contribution in [-0.4, -0.2) is 68.6 Å². The van der Waals surface area contributed by atoms with Crippen LogP contribution in [0.3, 0.4) is 0 Å². The Labute approximate surface area is 123 Å². The van der Waals surface area contributed by atoms with Crippen molar-refractivity contribution in [2.45, 2.75) is 6.42 Å². The molecular formula is C12H20ClN5O2. The van der Waals surface area contributed by atoms with Crippen molar-refractivity contribution in [1.82, 2.24) is 15.0 Å². The lowest BCUT2D eigenvalue weighted by atomic mass is 10.4. The fourth-order valence-corrected chi connectivity index (χ4v) is 2.10. The molecule has 1 aromatic rings. The molecule has 0 saturated carbocycles. The normalized spacial score (nSPS) is 15.4. The maximum atomic E-state index is 6.00. The van der Waals surface area contributed by atoms with Crippen LogP contribution in [0, 0.1) is 0 Å². The number of methoxy groups -OCH3 is 1. The van der Waals surface area contributed by atoms with Gasteiger partial charge in [-0.3, -0.25) is 0 Å². The molecule has 8 heteroatoms. The van der Waals surface area contributed by atoms with Gasteiger partial charge in [-0.2, -0.15) is 15.0 Å². The smallest absolute Gasteiger partial charge is 0.231 e. The molecule has 1 aromatic heterocycles. The highest BCUT2D eigenvalue weighted by Crippen LogP contribution is 2.17. The molecule has 7 nitrogen and oxygen atoms in total. The number of morpholine rings is 1. The first-order chi connectivity index (χ1) is 9.70. The summed E-state index contributed by atoms with van der Waals surface area (Å²) in [5.74, 6) is 1.20. The van der Waals surface area contributed by atoms with Gasteiger partial charge in [0.05, 0.1) is 13.2 Å². The highest BCUT2D eigenvalue weighted by Gasteiger charge is 2.17. The third-order valence-electron chi connectivity index (χ3n) is 3.06. The van der Waals surface area contributed by atoms with E-state index in [0.29, 0.717) is 31.7 Å². The van der Waals surface area contributed by atoms with Gasteiger partial charge in [0.1, 0.15) is 0 Å². The van der Waals surface area contributed by atoms with E-state index >= 15 is 0 Å². The van der Waals surface area contributed by atoms with E-state index in [9.17, 15) is 0 Å². The van der Waals surface area contributed by atoms with E-state index in [2.05, 4.69) is 19.9 Å². The minimum Gasteiger partial charge on any atom is -0.385 e. The van der Waals surface area contributed by atoms with Gasteiger partial charge in [0.15, 0.2) is 0 Å². The minimum atomic E-state index is 0.218. The summed E-state index contributed by atoms with van der Waals surface area (Å²) in [4.78, 5) is 16.9. The zero-order valence-corrected chi connectivity index (χ0v) is 12.6. The van der Waals surface area contributed by atoms with E-state index in [4.69, 9.17) is 21.1 Å². The molecule has 2 rings (SSSR count). The van der Waals surface area contributed by atoms with Crippen LogP contribution in [0.4, 0.5) is 11.9 Å². The molecule has 0 spiro atoms. The second-order valence-corrected chi connectivity index (χ2v) is 4.91. The molecule has 0 aromatic carbocycles. The summed E-state index contributed by atoms with van der Waals surface area (Å²) in [6.07, 6.45) is 0.906. The maximum absolute atomic E-state index is 6.00. The van der Waals surface area contributed by atoms with Crippen molar-refractivity contribution < 1.29 is 9.47 Å². The van der Waals surface area contributed by atoms with E-state index in [-0.39, 0.29) is 5.28 Å². The van der Waals surface area contributed by atoms with Crippen LogP contribution in [0.5, 0.6) is 0 Å². The Hall–Kier alpha value is -1.18. The number of nitrogens with zero attached hydrogens (tertiary/aromatic N) is 5. The van der Waals surface area contributed by atoms with Crippen molar-refractivity contribution in [1.29, 1.82) is 0 Å². The van der Waals surface area contributed by atoms with Crippen molar-refractivity contribution >= 4 is 23.5 Å². The molecule has 1 aliphatic heterocycles. The fourth-order valence-electron chi connectivity index (χ4n) is 1.95. The maximum Gasteiger partial charge on any atom is 0.231 e. The molecule has 0 amide bonds. The minimum absolute atomic E-state index is 0.218. The Morgan fingerprint density at radius 2 is 2.05 bits per heavy atom. The Balaban J connectivity index is 2.07. The predicted octanol–water partition coefficient (Wildman–Crippen LogP) is 0.834. The topological polar surface area (TPSA) is 63.6 Å². The molecule has 0 radical (unpaired) electrons. The van der Waals surface area contributed by atoms with Crippen molar-refractivity contribution in [3.8, 4) is 0 Å². The number of rotatable bonds is 6. The molecule has 0 aliphatic carbocycles. The van der Waals surface area contributed by atoms with Crippen LogP contribution >= 0.6 is 11.6 Å². The van der Waals surface area contributed by atoms with Crippen LogP contribution in [0.1, 0.15) is 6.42 Å². The summed E-state index contributed by atoms with van der Waals surface area (Å²) >= 11 is 6.00. The van der Waals surface area contributed by atoms with Crippen molar-refractivity contribution in [3.05, 3.63) is 5.28 Å². The van der Waals surface area contributed by atoms with Gasteiger partial charge in [-0.25, -0.2) is 0 Å². The van der Waals surface area contributed by atoms with E-state index in [1.54, 1.807) is 7.11 Å². The Morgan fingerprint density at radius 3 is 2.75 bits per heavy atom. The van der Waals surface area contributed by atoms with Crippen molar-refractivity contribution in [3.63, 3.8) is 0 Å². The molecule has 2 heterocycles. The van der Waals surface area contributed by atoms with Gasteiger partial charge in [-0.15, -0.1) is 0 Å². The summed E-state index contributed by atoms with van der Waals surface area (Å²) in [6.45, 7) is 4.42. The van der Waals surface area contributed by atoms with Crippen molar-refractivity contribution in [2.24, 2.45) is 0 Å². The zero-order valence-electron chi connectivity index (χ0n) is 11.9. The van der Waals surface area contributed by atoms with Crippen LogP contribution < -0.4 is 9.80 Å². The SMILES string of the molecule is COCCCN(C)c1nc(Cl)nc(N2CCOCC2)n1. The standard InChI is InChI=1S/C12H20ClN5O2/c1-17(4-3-7-19-2)11-14-10(13)15-12(16-11)18-5-8-20-9-6-18/h3-9H2,1-2H3. The van der Waals surface area contributed by atoms with Crippen LogP contribution in [0.25, 0.3) is 0 Å². The summed E-state index contributed by atoms with van der Waals surface area (Å²) < 4.78 is 10.4. The van der Waals surface area contributed by atoms with Gasteiger partial charge in [0, 0.05) is 40.4 Å². The molecule has 0 unspecified atom stereocenters. The number of hydrogen-bond acceptors (Lipinski definition) is 7. The average molecular weight is 302 g/mol. The van der Waals surface area contributed by atoms with E-state index < -0.39 is 0 Å². The average Bonchev–Trinajstić information content (AvgIpc) is 2.47. The Kier molecular flexibility index (Phi) is 5.75. The van der Waals surface area contributed by atoms with Gasteiger partial charge in [0.25, 0.3) is 0 Å². The molecular weight excluding hydrogens is 282 g/mol. The second-order valence-electron chi connectivity index (χ2n) is 4.57. The number of anilines is 2. The summed E-state index contributed by atoms with van der Waals surface area (Å²) in [7, 11) is 3.63. The van der Waals surface area contributed by atoms with Gasteiger partial charge in [0.2, 0.25) is 17.2 Å². The fraction of sp³-hybridized carbons (Fsp3) is 0.750. The summed E-state index contributed by atoms with van der Waals surface area (Å²) in [5, 5.41) is 0.218. The van der Waals surface area contributed by atoms with E-state index in [1.165, 1.54) is 0 Å². The lowest BCUT2D eigenvalue weighted by Crippen LogP contribution is -2.37. The van der Waals surface area contributed by atoms with Crippen LogP contribution in [0.2, 0.25) is 5.28 Å². The number of hydrogen-bond donors (Lipinski definition) is 0. The van der Waals surface area contributed by atoms with E-state index in [0.717, 1.165) is 26.1 Å². The number of ether oxygens (including phenoxy) is 2. The van der Waals surface area contributed by atoms with Crippen molar-refractivity contribution in [2.75, 3.05) is 63.4 Å². The van der Waals surface area contributed by atoms with Gasteiger partial charge in [-0.05, 0) is 18.0 Å². The Bertz CT molecular complexity index is 428. The first-order valence-electron chi connectivity index (χ1n) is 6.65. The lowest BCUT2D eigenvalue weighted by Gasteiger charge is -2.27. The molecule has 1 saturated heterocycles. The Morgan fingerprint density at radius 1 is 1.30 bits per heavy atom. The second kappa shape index (κ2) is 7.56. The highest BCUT2D eigenvalue weighted by molar-refractivity contribution is 6.28. The highest BCUT2D eigenvalue weighted by atomic mass is 35.5.